The smallest absolute Gasteiger partial charge is 0.270 e. The highest BCUT2D eigenvalue weighted by Crippen LogP contribution is 2.38. The van der Waals surface area contributed by atoms with Crippen LogP contribution < -0.4 is 0 Å². The molecule has 1 amide bonds. The Balaban J connectivity index is 1.45. The highest BCUT2D eigenvalue weighted by molar-refractivity contribution is 7.17. The number of fused-ring (bicyclic) bond motifs is 1. The van der Waals surface area contributed by atoms with E-state index in [1.807, 2.05) is 11.9 Å². The third kappa shape index (κ3) is 2.63. The van der Waals surface area contributed by atoms with Gasteiger partial charge in [-0.2, -0.15) is 5.21 Å². The zero-order chi connectivity index (χ0) is 17.7. The molecule has 1 N–H and O–H groups in total. The van der Waals surface area contributed by atoms with E-state index in [1.54, 1.807) is 11.3 Å². The van der Waals surface area contributed by atoms with Crippen LogP contribution >= 0.6 is 11.3 Å². The number of amides is 1. The van der Waals surface area contributed by atoms with Crippen LogP contribution in [0.4, 0.5) is 0 Å². The molecule has 7 nitrogen and oxygen atoms in total. The molecule has 3 aromatic rings. The molecule has 0 aromatic carbocycles. The molecule has 2 saturated carbocycles. The number of nitrogens with one attached hydrogen (secondary N) is 1. The fraction of sp³-hybridized carbons (Fsp3) is 0.556. The summed E-state index contributed by atoms with van der Waals surface area (Å²) in [7, 11) is 1.92. The number of nitrogens with zero attached hydrogens (tertiary/aromatic N) is 5. The van der Waals surface area contributed by atoms with E-state index >= 15 is 0 Å². The molecule has 3 heterocycles. The van der Waals surface area contributed by atoms with Crippen molar-refractivity contribution in [2.45, 2.75) is 50.6 Å². The van der Waals surface area contributed by atoms with Gasteiger partial charge in [-0.1, -0.05) is 11.6 Å². The van der Waals surface area contributed by atoms with Crippen molar-refractivity contribution in [1.82, 2.24) is 30.1 Å². The molecule has 136 valence electrons. The van der Waals surface area contributed by atoms with Gasteiger partial charge in [0.15, 0.2) is 5.82 Å². The van der Waals surface area contributed by atoms with E-state index in [1.165, 1.54) is 23.1 Å². The maximum Gasteiger partial charge on any atom is 0.270 e. The lowest BCUT2D eigenvalue weighted by molar-refractivity contribution is 0.0709. The van der Waals surface area contributed by atoms with Crippen LogP contribution in [0.1, 0.15) is 54.3 Å². The second kappa shape index (κ2) is 6.19. The molecule has 2 atom stereocenters. The molecule has 2 aliphatic carbocycles. The first-order valence-electron chi connectivity index (χ1n) is 9.29. The average molecular weight is 370 g/mol. The van der Waals surface area contributed by atoms with Gasteiger partial charge in [-0.25, -0.2) is 0 Å². The highest BCUT2D eigenvalue weighted by Gasteiger charge is 2.37. The Morgan fingerprint density at radius 3 is 3.04 bits per heavy atom. The molecule has 0 aliphatic heterocycles. The summed E-state index contributed by atoms with van der Waals surface area (Å²) in [6, 6.07) is 4.33. The lowest BCUT2D eigenvalue weighted by Gasteiger charge is -2.28. The Hall–Kier alpha value is -2.22. The minimum atomic E-state index is 0.106. The lowest BCUT2D eigenvalue weighted by atomic mass is 10.0. The minimum Gasteiger partial charge on any atom is -0.337 e. The minimum absolute atomic E-state index is 0.106. The molecule has 5 rings (SSSR count). The zero-order valence-electron chi connectivity index (χ0n) is 14.8. The van der Waals surface area contributed by atoms with Crippen molar-refractivity contribution in [3.63, 3.8) is 0 Å². The number of rotatable bonds is 5. The Bertz CT molecular complexity index is 925. The Morgan fingerprint density at radius 1 is 1.38 bits per heavy atom. The molecule has 2 aliphatic rings. The van der Waals surface area contributed by atoms with Crippen molar-refractivity contribution in [2.24, 2.45) is 5.92 Å². The van der Waals surface area contributed by atoms with Crippen LogP contribution in [0.2, 0.25) is 0 Å². The molecule has 8 heteroatoms. The fourth-order valence-electron chi connectivity index (χ4n) is 4.27. The molecular weight excluding hydrogens is 348 g/mol. The maximum atomic E-state index is 13.4. The fourth-order valence-corrected chi connectivity index (χ4v) is 5.09. The van der Waals surface area contributed by atoms with E-state index in [2.05, 4.69) is 42.7 Å². The van der Waals surface area contributed by atoms with Gasteiger partial charge in [-0.15, -0.1) is 21.5 Å². The van der Waals surface area contributed by atoms with E-state index in [0.29, 0.717) is 0 Å². The van der Waals surface area contributed by atoms with Gasteiger partial charge in [-0.3, -0.25) is 4.79 Å². The first-order chi connectivity index (χ1) is 12.7. The van der Waals surface area contributed by atoms with Gasteiger partial charge >= 0.3 is 0 Å². The monoisotopic (exact) mass is 370 g/mol. The van der Waals surface area contributed by atoms with Crippen LogP contribution in [0.3, 0.4) is 0 Å². The molecule has 0 bridgehead atoms. The molecule has 2 fully saturated rings. The van der Waals surface area contributed by atoms with Gasteiger partial charge in [-0.05, 0) is 49.1 Å². The first-order valence-corrected chi connectivity index (χ1v) is 10.2. The standard InChI is InChI=1S/C18H22N6OS/c1-23(13-4-2-3-12(13)17-19-21-22-20-17)18(25)15-9-16-14(7-8-26-16)24(15)10-11-5-6-11/h7-9,11-13H,2-6,10H2,1H3,(H,19,20,21,22). The van der Waals surface area contributed by atoms with Crippen molar-refractivity contribution < 1.29 is 4.79 Å². The van der Waals surface area contributed by atoms with Crippen molar-refractivity contribution in [3.05, 3.63) is 29.0 Å². The van der Waals surface area contributed by atoms with Crippen molar-refractivity contribution in [3.8, 4) is 0 Å². The third-order valence-corrected chi connectivity index (χ3v) is 6.72. The van der Waals surface area contributed by atoms with Gasteiger partial charge in [0.25, 0.3) is 5.91 Å². The normalized spacial score (nSPS) is 23.0. The van der Waals surface area contributed by atoms with Crippen LogP contribution in [-0.4, -0.2) is 49.1 Å². The van der Waals surface area contributed by atoms with E-state index in [4.69, 9.17) is 0 Å². The summed E-state index contributed by atoms with van der Waals surface area (Å²) < 4.78 is 3.43. The van der Waals surface area contributed by atoms with Crippen LogP contribution in [0.25, 0.3) is 10.2 Å². The number of carbonyl (C=O) groups is 1. The third-order valence-electron chi connectivity index (χ3n) is 5.87. The molecule has 0 radical (unpaired) electrons. The second-order valence-corrected chi connectivity index (χ2v) is 8.49. The summed E-state index contributed by atoms with van der Waals surface area (Å²) in [5.41, 5.74) is 2.01. The van der Waals surface area contributed by atoms with E-state index in [0.717, 1.165) is 43.2 Å². The zero-order valence-corrected chi connectivity index (χ0v) is 15.6. The number of H-pyrrole nitrogens is 1. The van der Waals surface area contributed by atoms with Crippen LogP contribution in [-0.2, 0) is 6.54 Å². The molecular formula is C18H22N6OS. The number of hydrogen-bond donors (Lipinski definition) is 1. The lowest BCUT2D eigenvalue weighted by Crippen LogP contribution is -2.39. The van der Waals surface area contributed by atoms with Crippen molar-refractivity contribution in [2.75, 3.05) is 7.05 Å². The molecule has 0 saturated heterocycles. The Morgan fingerprint density at radius 2 is 2.27 bits per heavy atom. The largest absolute Gasteiger partial charge is 0.337 e. The van der Waals surface area contributed by atoms with Gasteiger partial charge in [0.1, 0.15) is 5.69 Å². The molecule has 3 aromatic heterocycles. The van der Waals surface area contributed by atoms with Gasteiger partial charge in [0.2, 0.25) is 0 Å². The van der Waals surface area contributed by atoms with Gasteiger partial charge in [0.05, 0.1) is 10.2 Å². The second-order valence-electron chi connectivity index (χ2n) is 7.54. The Kier molecular flexibility index (Phi) is 3.81. The number of thiophene rings is 1. The average Bonchev–Trinajstić information content (AvgIpc) is 3.13. The van der Waals surface area contributed by atoms with Crippen LogP contribution in [0.15, 0.2) is 17.5 Å². The van der Waals surface area contributed by atoms with Crippen molar-refractivity contribution >= 4 is 27.5 Å². The van der Waals surface area contributed by atoms with E-state index in [9.17, 15) is 4.79 Å². The number of tetrazole rings is 1. The molecule has 26 heavy (non-hydrogen) atoms. The number of carbonyl (C=O) groups excluding carboxylic acids is 1. The van der Waals surface area contributed by atoms with Gasteiger partial charge in [0, 0.05) is 25.6 Å². The van der Waals surface area contributed by atoms with E-state index in [-0.39, 0.29) is 17.9 Å². The number of hydrogen-bond acceptors (Lipinski definition) is 5. The summed E-state index contributed by atoms with van der Waals surface area (Å²) in [5, 5.41) is 16.7. The van der Waals surface area contributed by atoms with Crippen LogP contribution in [0, 0.1) is 5.92 Å². The SMILES string of the molecule is CN(C(=O)c1cc2sccc2n1CC1CC1)C1CCCC1c1nn[nH]n1. The predicted molar refractivity (Wildman–Crippen MR) is 99.2 cm³/mol. The summed E-state index contributed by atoms with van der Waals surface area (Å²) in [6.07, 6.45) is 5.62. The molecule has 0 spiro atoms. The number of aromatic nitrogens is 5. The number of likely N-dealkylation sites (N-methyl/N-ethyl adjacent to an activating group) is 1. The predicted octanol–water partition coefficient (Wildman–Crippen LogP) is 3.03. The van der Waals surface area contributed by atoms with Crippen molar-refractivity contribution in [1.29, 1.82) is 0 Å². The summed E-state index contributed by atoms with van der Waals surface area (Å²) in [5.74, 6) is 1.72. The summed E-state index contributed by atoms with van der Waals surface area (Å²) in [4.78, 5) is 15.3. The first kappa shape index (κ1) is 16.0. The van der Waals surface area contributed by atoms with Crippen LogP contribution in [0.5, 0.6) is 0 Å². The van der Waals surface area contributed by atoms with E-state index < -0.39 is 0 Å². The summed E-state index contributed by atoms with van der Waals surface area (Å²) in [6.45, 7) is 0.952. The van der Waals surface area contributed by atoms with Gasteiger partial charge < -0.3 is 9.47 Å². The maximum absolute atomic E-state index is 13.4. The topological polar surface area (TPSA) is 79.7 Å². The molecule has 2 unspecified atom stereocenters. The number of aromatic amines is 1. The highest BCUT2D eigenvalue weighted by atomic mass is 32.1. The quantitative estimate of drug-likeness (QED) is 0.749. The summed E-state index contributed by atoms with van der Waals surface area (Å²) >= 11 is 1.71. The Labute approximate surface area is 155 Å².